The lowest BCUT2D eigenvalue weighted by Gasteiger charge is -2.38. The quantitative estimate of drug-likeness (QED) is 0.159. The molecule has 13 heteroatoms. The number of hydrogen-bond donors (Lipinski definition) is 3. The first-order valence-electron chi connectivity index (χ1n) is 14.2. The molecule has 11 nitrogen and oxygen atoms in total. The maximum absolute atomic E-state index is 15.7. The third-order valence-corrected chi connectivity index (χ3v) is 8.01. The predicted molar refractivity (Wildman–Crippen MR) is 160 cm³/mol. The van der Waals surface area contributed by atoms with Crippen LogP contribution in [0.5, 0.6) is 28.9 Å². The number of aromatic nitrogens is 1. The highest BCUT2D eigenvalue weighted by Gasteiger charge is 2.46. The van der Waals surface area contributed by atoms with Crippen molar-refractivity contribution in [1.29, 1.82) is 5.41 Å². The molecule has 0 spiro atoms. The van der Waals surface area contributed by atoms with Crippen LogP contribution in [-0.4, -0.2) is 65.8 Å². The zero-order chi connectivity index (χ0) is 31.6. The van der Waals surface area contributed by atoms with Crippen LogP contribution < -0.4 is 20.1 Å². The summed E-state index contributed by atoms with van der Waals surface area (Å²) in [6, 6.07) is 8.95. The smallest absolute Gasteiger partial charge is 0.331 e. The van der Waals surface area contributed by atoms with E-state index in [0.29, 0.717) is 30.6 Å². The number of esters is 1. The van der Waals surface area contributed by atoms with E-state index < -0.39 is 35.0 Å². The van der Waals surface area contributed by atoms with Gasteiger partial charge in [-0.2, -0.15) is 4.39 Å². The summed E-state index contributed by atoms with van der Waals surface area (Å²) in [5.41, 5.74) is 6.11. The molecular weight excluding hydrogens is 574 g/mol. The van der Waals surface area contributed by atoms with Gasteiger partial charge in [0.05, 0.1) is 12.8 Å². The molecular formula is C31H34F2N6O5. The highest BCUT2D eigenvalue weighted by Crippen LogP contribution is 2.43. The Hall–Kier alpha value is -4.78. The van der Waals surface area contributed by atoms with Crippen LogP contribution in [0, 0.1) is 17.0 Å². The first kappa shape index (κ1) is 30.7. The van der Waals surface area contributed by atoms with Crippen LogP contribution in [0.4, 0.5) is 14.5 Å². The van der Waals surface area contributed by atoms with Gasteiger partial charge < -0.3 is 30.0 Å². The van der Waals surface area contributed by atoms with Crippen LogP contribution >= 0.6 is 0 Å². The molecule has 3 aromatic rings. The Morgan fingerprint density at radius 1 is 1.18 bits per heavy atom. The van der Waals surface area contributed by atoms with E-state index in [1.165, 1.54) is 18.2 Å². The van der Waals surface area contributed by atoms with E-state index in [1.807, 2.05) is 23.9 Å². The number of phenolic OH excluding ortho intramolecular Hbond substituents is 1. The fourth-order valence-corrected chi connectivity index (χ4v) is 5.57. The van der Waals surface area contributed by atoms with Crippen LogP contribution in [0.3, 0.4) is 0 Å². The van der Waals surface area contributed by atoms with Gasteiger partial charge in [0.25, 0.3) is 5.88 Å². The van der Waals surface area contributed by atoms with Gasteiger partial charge in [0, 0.05) is 36.6 Å². The largest absolute Gasteiger partial charge is 0.504 e. The van der Waals surface area contributed by atoms with Crippen LogP contribution in [0.15, 0.2) is 47.6 Å². The van der Waals surface area contributed by atoms with Gasteiger partial charge in [-0.15, -0.1) is 0 Å². The summed E-state index contributed by atoms with van der Waals surface area (Å²) >= 11 is 0. The Balaban J connectivity index is 1.52. The second-order valence-corrected chi connectivity index (χ2v) is 10.7. The van der Waals surface area contributed by atoms with E-state index in [9.17, 15) is 9.90 Å². The minimum Gasteiger partial charge on any atom is -0.504 e. The maximum Gasteiger partial charge on any atom is 0.331 e. The van der Waals surface area contributed by atoms with Crippen molar-refractivity contribution in [3.8, 4) is 28.9 Å². The van der Waals surface area contributed by atoms with Gasteiger partial charge in [-0.05, 0) is 63.2 Å². The minimum absolute atomic E-state index is 0.131. The number of amidine groups is 1. The second kappa shape index (κ2) is 12.4. The number of nitrogens with one attached hydrogen (secondary N) is 1. The summed E-state index contributed by atoms with van der Waals surface area (Å²) in [7, 11) is 3.70. The number of aliphatic imine (C=N–C) groups is 1. The molecule has 0 amide bonds. The number of likely N-dealkylation sites (N-methyl/N-ethyl adjacent to an activating group) is 1. The van der Waals surface area contributed by atoms with Gasteiger partial charge in [-0.25, -0.2) is 14.2 Å². The Bertz CT molecular complexity index is 1610. The van der Waals surface area contributed by atoms with E-state index in [0.717, 1.165) is 19.0 Å². The SMILES string of the molecule is CCOC(=O)C1(N(C)c2ccc(Oc3c(F)cnc(Oc4cc(C(=N)N)ccc4O)c3F)c(C3N=CCN3C)c2)CCCC1. The molecule has 4 N–H and O–H groups in total. The number of pyridine rings is 1. The fraction of sp³-hybridized carbons (Fsp3) is 0.355. The summed E-state index contributed by atoms with van der Waals surface area (Å²) in [6.07, 6.45) is 5.00. The van der Waals surface area contributed by atoms with Gasteiger partial charge in [0.15, 0.2) is 17.3 Å². The molecule has 1 unspecified atom stereocenters. The van der Waals surface area contributed by atoms with Crippen molar-refractivity contribution < 1.29 is 32.9 Å². The van der Waals surface area contributed by atoms with Crippen molar-refractivity contribution in [2.45, 2.75) is 44.3 Å². The number of ether oxygens (including phenoxy) is 3. The molecule has 0 saturated heterocycles. The Kier molecular flexibility index (Phi) is 8.68. The molecule has 1 atom stereocenters. The van der Waals surface area contributed by atoms with Crippen molar-refractivity contribution in [1.82, 2.24) is 9.88 Å². The van der Waals surface area contributed by atoms with Gasteiger partial charge >= 0.3 is 5.97 Å². The Morgan fingerprint density at radius 2 is 1.93 bits per heavy atom. The summed E-state index contributed by atoms with van der Waals surface area (Å²) in [5, 5.41) is 17.8. The topological polar surface area (TPSA) is 147 Å². The summed E-state index contributed by atoms with van der Waals surface area (Å²) in [4.78, 5) is 25.2. The summed E-state index contributed by atoms with van der Waals surface area (Å²) in [6.45, 7) is 2.60. The van der Waals surface area contributed by atoms with Crippen molar-refractivity contribution in [3.63, 3.8) is 0 Å². The van der Waals surface area contributed by atoms with Crippen molar-refractivity contribution >= 4 is 23.7 Å². The molecule has 1 saturated carbocycles. The highest BCUT2D eigenvalue weighted by atomic mass is 19.1. The number of rotatable bonds is 10. The number of benzene rings is 2. The number of carbonyl (C=O) groups is 1. The molecule has 1 aliphatic heterocycles. The number of phenols is 1. The molecule has 1 aromatic heterocycles. The third-order valence-electron chi connectivity index (χ3n) is 8.01. The number of hydrogen-bond acceptors (Lipinski definition) is 10. The lowest BCUT2D eigenvalue weighted by atomic mass is 9.94. The van der Waals surface area contributed by atoms with E-state index in [-0.39, 0.29) is 41.2 Å². The molecule has 5 rings (SSSR count). The maximum atomic E-state index is 15.7. The standard InChI is InChI=1S/C31H34F2N6O5/c1-4-42-30(41)31(11-5-6-12-31)39(3)19-8-10-23(20(16-19)28-36-13-14-38(28)2)43-26-21(32)17-37-29(25(26)33)44-24-15-18(27(34)35)7-9-22(24)40/h7-10,13,15-17,28,40H,4-6,11-12,14H2,1-3H3,(H3,34,35). The number of halogens is 2. The number of carbonyl (C=O) groups excluding carboxylic acids is 1. The molecule has 2 aromatic carbocycles. The number of nitrogens with two attached hydrogens (primary N) is 1. The molecule has 0 bridgehead atoms. The molecule has 2 aliphatic rings. The van der Waals surface area contributed by atoms with Crippen LogP contribution in [0.25, 0.3) is 0 Å². The highest BCUT2D eigenvalue weighted by molar-refractivity contribution is 5.95. The average Bonchev–Trinajstić information content (AvgIpc) is 3.67. The normalized spacial score (nSPS) is 17.4. The van der Waals surface area contributed by atoms with Gasteiger partial charge in [0.1, 0.15) is 23.3 Å². The number of nitrogens with zero attached hydrogens (tertiary/aromatic N) is 4. The summed E-state index contributed by atoms with van der Waals surface area (Å²) < 4.78 is 47.5. The fourth-order valence-electron chi connectivity index (χ4n) is 5.57. The van der Waals surface area contributed by atoms with E-state index >= 15 is 8.78 Å². The first-order chi connectivity index (χ1) is 21.1. The number of anilines is 1. The van der Waals surface area contributed by atoms with Crippen molar-refractivity contribution in [3.05, 3.63) is 65.4 Å². The average molecular weight is 609 g/mol. The van der Waals surface area contributed by atoms with E-state index in [2.05, 4.69) is 9.98 Å². The van der Waals surface area contributed by atoms with Crippen LogP contribution in [-0.2, 0) is 9.53 Å². The zero-order valence-corrected chi connectivity index (χ0v) is 24.6. The zero-order valence-electron chi connectivity index (χ0n) is 24.6. The Morgan fingerprint density at radius 3 is 2.59 bits per heavy atom. The summed E-state index contributed by atoms with van der Waals surface area (Å²) in [5.74, 6) is -4.83. The molecule has 0 radical (unpaired) electrons. The second-order valence-electron chi connectivity index (χ2n) is 10.7. The van der Waals surface area contributed by atoms with Gasteiger partial charge in [0.2, 0.25) is 11.6 Å². The van der Waals surface area contributed by atoms with Crippen LogP contribution in [0.2, 0.25) is 0 Å². The third kappa shape index (κ3) is 5.74. The van der Waals surface area contributed by atoms with E-state index in [4.69, 9.17) is 25.4 Å². The van der Waals surface area contributed by atoms with Crippen molar-refractivity contribution in [2.75, 3.05) is 32.1 Å². The molecule has 1 fully saturated rings. The van der Waals surface area contributed by atoms with Gasteiger partial charge in [-0.1, -0.05) is 12.8 Å². The monoisotopic (exact) mass is 608 g/mol. The first-order valence-corrected chi connectivity index (χ1v) is 14.2. The lowest BCUT2D eigenvalue weighted by molar-refractivity contribution is -0.149. The Labute approximate surface area is 253 Å². The number of nitrogen functional groups attached to an aromatic ring is 1. The molecule has 2 heterocycles. The lowest BCUT2D eigenvalue weighted by Crippen LogP contribution is -2.52. The van der Waals surface area contributed by atoms with Gasteiger partial charge in [-0.3, -0.25) is 15.3 Å². The van der Waals surface area contributed by atoms with E-state index in [1.54, 1.807) is 31.3 Å². The molecule has 44 heavy (non-hydrogen) atoms. The molecule has 1 aliphatic carbocycles. The molecule has 232 valence electrons. The predicted octanol–water partition coefficient (Wildman–Crippen LogP) is 5.26. The van der Waals surface area contributed by atoms with Crippen molar-refractivity contribution in [2.24, 2.45) is 10.7 Å². The minimum atomic E-state index is -1.25. The van der Waals surface area contributed by atoms with Crippen LogP contribution in [0.1, 0.15) is 49.9 Å². The number of aromatic hydroxyl groups is 1.